The van der Waals surface area contributed by atoms with E-state index in [4.69, 9.17) is 0 Å². The first-order valence-corrected chi connectivity index (χ1v) is 9.64. The normalized spacial score (nSPS) is 22.9. The molecule has 20 heavy (non-hydrogen) atoms. The molecular weight excluding hydrogens is 292 g/mol. The fourth-order valence-corrected chi connectivity index (χ4v) is 4.78. The van der Waals surface area contributed by atoms with Gasteiger partial charge in [-0.2, -0.15) is 11.8 Å². The average Bonchev–Trinajstić information content (AvgIpc) is 3.08. The van der Waals surface area contributed by atoms with Gasteiger partial charge in [0.05, 0.1) is 4.90 Å². The van der Waals surface area contributed by atoms with E-state index in [9.17, 15) is 8.42 Å². The molecule has 1 saturated carbocycles. The fourth-order valence-electron chi connectivity index (χ4n) is 2.28. The molecule has 1 aromatic rings. The van der Waals surface area contributed by atoms with Crippen molar-refractivity contribution in [1.82, 2.24) is 4.72 Å². The zero-order valence-corrected chi connectivity index (χ0v) is 13.0. The summed E-state index contributed by atoms with van der Waals surface area (Å²) >= 11 is 2.01. The third-order valence-corrected chi connectivity index (χ3v) is 6.56. The van der Waals surface area contributed by atoms with Crippen LogP contribution in [0.5, 0.6) is 0 Å². The minimum absolute atomic E-state index is 0.150. The van der Waals surface area contributed by atoms with Crippen LogP contribution in [0.15, 0.2) is 29.2 Å². The van der Waals surface area contributed by atoms with Gasteiger partial charge in [0.15, 0.2) is 0 Å². The van der Waals surface area contributed by atoms with Crippen LogP contribution in [-0.4, -0.2) is 32.0 Å². The Bertz CT molecular complexity index is 547. The van der Waals surface area contributed by atoms with Gasteiger partial charge in [0.2, 0.25) is 10.0 Å². The number of nitrogens with one attached hydrogen (secondary N) is 2. The van der Waals surface area contributed by atoms with Crippen LogP contribution in [0.25, 0.3) is 0 Å². The van der Waals surface area contributed by atoms with Crippen molar-refractivity contribution in [2.45, 2.75) is 41.9 Å². The molecule has 1 aromatic carbocycles. The summed E-state index contributed by atoms with van der Waals surface area (Å²) in [6.07, 6.45) is 4.49. The molecule has 2 N–H and O–H groups in total. The van der Waals surface area contributed by atoms with Gasteiger partial charge < -0.3 is 5.32 Å². The summed E-state index contributed by atoms with van der Waals surface area (Å²) < 4.78 is 26.7. The Hall–Kier alpha value is -0.720. The summed E-state index contributed by atoms with van der Waals surface area (Å²) in [5.74, 6) is 1.26. The zero-order chi connectivity index (χ0) is 14.0. The second kappa shape index (κ2) is 5.95. The van der Waals surface area contributed by atoms with Gasteiger partial charge in [-0.1, -0.05) is 0 Å². The molecule has 110 valence electrons. The van der Waals surface area contributed by atoms with Crippen LogP contribution < -0.4 is 10.0 Å². The predicted octanol–water partition coefficient (Wildman–Crippen LogP) is 2.43. The van der Waals surface area contributed by atoms with E-state index in [0.717, 1.165) is 25.1 Å². The van der Waals surface area contributed by atoms with E-state index < -0.39 is 10.0 Å². The van der Waals surface area contributed by atoms with Crippen LogP contribution in [0, 0.1) is 0 Å². The number of rotatable bonds is 6. The molecule has 0 amide bonds. The molecule has 1 atom stereocenters. The van der Waals surface area contributed by atoms with Crippen LogP contribution in [0.4, 0.5) is 5.69 Å². The van der Waals surface area contributed by atoms with Gasteiger partial charge in [0.25, 0.3) is 0 Å². The lowest BCUT2D eigenvalue weighted by molar-refractivity contribution is 0.581. The van der Waals surface area contributed by atoms with Gasteiger partial charge in [-0.15, -0.1) is 0 Å². The molecule has 1 saturated heterocycles. The maximum Gasteiger partial charge on any atom is 0.240 e. The van der Waals surface area contributed by atoms with Gasteiger partial charge in [0.1, 0.15) is 0 Å². The number of benzene rings is 1. The summed E-state index contributed by atoms with van der Waals surface area (Å²) in [6, 6.07) is 7.20. The number of thioether (sulfide) groups is 1. The molecule has 0 aromatic heterocycles. The summed E-state index contributed by atoms with van der Waals surface area (Å²) in [5.41, 5.74) is 0.989. The molecule has 0 radical (unpaired) electrons. The Labute approximate surface area is 124 Å². The van der Waals surface area contributed by atoms with Crippen LogP contribution in [0.1, 0.15) is 25.7 Å². The van der Waals surface area contributed by atoms with Crippen LogP contribution in [0.3, 0.4) is 0 Å². The van der Waals surface area contributed by atoms with Crippen molar-refractivity contribution in [2.75, 3.05) is 17.6 Å². The maximum absolute atomic E-state index is 12.0. The lowest BCUT2D eigenvalue weighted by Gasteiger charge is -2.12. The van der Waals surface area contributed by atoms with Gasteiger partial charge >= 0.3 is 0 Å². The molecule has 1 unspecified atom stereocenters. The first-order valence-electron chi connectivity index (χ1n) is 7.11. The maximum atomic E-state index is 12.0. The highest BCUT2D eigenvalue weighted by molar-refractivity contribution is 8.00. The van der Waals surface area contributed by atoms with Crippen molar-refractivity contribution in [3.63, 3.8) is 0 Å². The minimum Gasteiger partial charge on any atom is -0.384 e. The molecule has 1 heterocycles. The van der Waals surface area contributed by atoms with E-state index in [1.165, 1.54) is 18.6 Å². The quantitative estimate of drug-likeness (QED) is 0.847. The third-order valence-electron chi connectivity index (χ3n) is 3.62. The van der Waals surface area contributed by atoms with Crippen molar-refractivity contribution in [3.8, 4) is 0 Å². The summed E-state index contributed by atoms with van der Waals surface area (Å²) in [6.45, 7) is 0.955. The summed E-state index contributed by atoms with van der Waals surface area (Å²) in [7, 11) is -3.33. The monoisotopic (exact) mass is 312 g/mol. The standard InChI is InChI=1S/C14H20N2O2S2/c17-20(18,16-12-3-4-12)14-7-5-11(6-8-14)15-10-13-2-1-9-19-13/h5-8,12-13,15-16H,1-4,9-10H2. The molecule has 4 nitrogen and oxygen atoms in total. The van der Waals surface area contributed by atoms with Gasteiger partial charge in [0, 0.05) is 23.5 Å². The van der Waals surface area contributed by atoms with Crippen LogP contribution in [0.2, 0.25) is 0 Å². The smallest absolute Gasteiger partial charge is 0.240 e. The minimum atomic E-state index is -3.33. The number of anilines is 1. The molecule has 1 aliphatic carbocycles. The number of hydrogen-bond donors (Lipinski definition) is 2. The van der Waals surface area contributed by atoms with E-state index in [2.05, 4.69) is 10.0 Å². The average molecular weight is 312 g/mol. The lowest BCUT2D eigenvalue weighted by Crippen LogP contribution is -2.25. The Balaban J connectivity index is 1.58. The zero-order valence-electron chi connectivity index (χ0n) is 11.3. The highest BCUT2D eigenvalue weighted by Crippen LogP contribution is 2.26. The summed E-state index contributed by atoms with van der Waals surface area (Å²) in [5, 5.41) is 4.07. The van der Waals surface area contributed by atoms with E-state index in [1.54, 1.807) is 12.1 Å². The second-order valence-electron chi connectivity index (χ2n) is 5.44. The molecular formula is C14H20N2O2S2. The molecule has 6 heteroatoms. The van der Waals surface area contributed by atoms with E-state index in [1.807, 2.05) is 23.9 Å². The Morgan fingerprint density at radius 1 is 1.15 bits per heavy atom. The largest absolute Gasteiger partial charge is 0.384 e. The van der Waals surface area contributed by atoms with Gasteiger partial charge in [-0.05, 0) is 55.7 Å². The van der Waals surface area contributed by atoms with Crippen molar-refractivity contribution >= 4 is 27.5 Å². The first-order chi connectivity index (χ1) is 9.63. The Morgan fingerprint density at radius 3 is 2.50 bits per heavy atom. The van der Waals surface area contributed by atoms with Crippen LogP contribution in [-0.2, 0) is 10.0 Å². The predicted molar refractivity (Wildman–Crippen MR) is 83.8 cm³/mol. The molecule has 3 rings (SSSR count). The van der Waals surface area contributed by atoms with Crippen LogP contribution >= 0.6 is 11.8 Å². The SMILES string of the molecule is O=S(=O)(NC1CC1)c1ccc(NCC2CCCS2)cc1. The van der Waals surface area contributed by atoms with Crippen molar-refractivity contribution in [1.29, 1.82) is 0 Å². The number of sulfonamides is 1. The third kappa shape index (κ3) is 3.68. The Kier molecular flexibility index (Phi) is 4.23. The Morgan fingerprint density at radius 2 is 1.90 bits per heavy atom. The van der Waals surface area contributed by atoms with E-state index in [0.29, 0.717) is 10.1 Å². The van der Waals surface area contributed by atoms with Crippen molar-refractivity contribution < 1.29 is 8.42 Å². The summed E-state index contributed by atoms with van der Waals surface area (Å²) in [4.78, 5) is 0.352. The van der Waals surface area contributed by atoms with E-state index in [-0.39, 0.29) is 6.04 Å². The number of hydrogen-bond acceptors (Lipinski definition) is 4. The molecule has 2 aliphatic rings. The second-order valence-corrected chi connectivity index (χ2v) is 8.56. The van der Waals surface area contributed by atoms with E-state index >= 15 is 0 Å². The molecule has 2 fully saturated rings. The van der Waals surface area contributed by atoms with Gasteiger partial charge in [-0.3, -0.25) is 0 Å². The van der Waals surface area contributed by atoms with Gasteiger partial charge in [-0.25, -0.2) is 13.1 Å². The molecule has 1 aliphatic heterocycles. The lowest BCUT2D eigenvalue weighted by atomic mass is 10.2. The topological polar surface area (TPSA) is 58.2 Å². The highest BCUT2D eigenvalue weighted by atomic mass is 32.2. The fraction of sp³-hybridized carbons (Fsp3) is 0.571. The van der Waals surface area contributed by atoms with Crippen molar-refractivity contribution in [3.05, 3.63) is 24.3 Å². The molecule has 0 bridgehead atoms. The first kappa shape index (κ1) is 14.2. The molecule has 0 spiro atoms. The highest BCUT2D eigenvalue weighted by Gasteiger charge is 2.27. The van der Waals surface area contributed by atoms with Crippen molar-refractivity contribution in [2.24, 2.45) is 0 Å².